The fourth-order valence-corrected chi connectivity index (χ4v) is 2.93. The number of amides is 2. The van der Waals surface area contributed by atoms with Crippen molar-refractivity contribution in [3.05, 3.63) is 72.3 Å². The molecule has 0 unspecified atom stereocenters. The normalized spacial score (nSPS) is 12.3. The number of carbonyl (C=O) groups is 2. The maximum atomic E-state index is 12.7. The summed E-state index contributed by atoms with van der Waals surface area (Å²) < 4.78 is 5.82. The highest BCUT2D eigenvalue weighted by atomic mass is 16.5. The van der Waals surface area contributed by atoms with Crippen molar-refractivity contribution >= 4 is 28.3 Å². The highest BCUT2D eigenvalue weighted by molar-refractivity contribution is 6.04. The second kappa shape index (κ2) is 8.35. The first kappa shape index (κ1) is 20.4. The van der Waals surface area contributed by atoms with Gasteiger partial charge in [0.1, 0.15) is 5.75 Å². The SMILES string of the molecule is C[C@H](Oc1ccc2ccccc2c1)C(=O)Nc1ccccc1C(=O)NC(C)(C)C. The smallest absolute Gasteiger partial charge is 0.265 e. The van der Waals surface area contributed by atoms with Crippen LogP contribution in [0.15, 0.2) is 66.7 Å². The highest BCUT2D eigenvalue weighted by Crippen LogP contribution is 2.22. The van der Waals surface area contributed by atoms with E-state index in [1.807, 2.05) is 63.2 Å². The van der Waals surface area contributed by atoms with E-state index in [1.54, 1.807) is 31.2 Å². The number of carbonyl (C=O) groups excluding carboxylic acids is 2. The van der Waals surface area contributed by atoms with E-state index in [1.165, 1.54) is 0 Å². The molecule has 3 aromatic carbocycles. The maximum absolute atomic E-state index is 12.7. The van der Waals surface area contributed by atoms with Crippen LogP contribution in [0.3, 0.4) is 0 Å². The maximum Gasteiger partial charge on any atom is 0.265 e. The summed E-state index contributed by atoms with van der Waals surface area (Å²) in [7, 11) is 0. The zero-order chi connectivity index (χ0) is 21.0. The molecule has 5 nitrogen and oxygen atoms in total. The largest absolute Gasteiger partial charge is 0.481 e. The van der Waals surface area contributed by atoms with Gasteiger partial charge in [0.25, 0.3) is 11.8 Å². The minimum absolute atomic E-state index is 0.239. The van der Waals surface area contributed by atoms with Crippen LogP contribution in [-0.4, -0.2) is 23.5 Å². The Morgan fingerprint density at radius 3 is 2.28 bits per heavy atom. The van der Waals surface area contributed by atoms with E-state index in [9.17, 15) is 9.59 Å². The topological polar surface area (TPSA) is 67.4 Å². The predicted molar refractivity (Wildman–Crippen MR) is 116 cm³/mol. The molecule has 1 atom stereocenters. The third-order valence-electron chi connectivity index (χ3n) is 4.32. The molecular formula is C24H26N2O3. The second-order valence-electron chi connectivity index (χ2n) is 8.01. The number of fused-ring (bicyclic) bond motifs is 1. The van der Waals surface area contributed by atoms with Gasteiger partial charge in [-0.05, 0) is 62.7 Å². The summed E-state index contributed by atoms with van der Waals surface area (Å²) in [5.74, 6) is 0.0516. The molecule has 0 saturated heterocycles. The van der Waals surface area contributed by atoms with Gasteiger partial charge in [0.15, 0.2) is 6.10 Å². The van der Waals surface area contributed by atoms with Gasteiger partial charge in [-0.25, -0.2) is 0 Å². The second-order valence-corrected chi connectivity index (χ2v) is 8.01. The third kappa shape index (κ3) is 5.35. The molecular weight excluding hydrogens is 364 g/mol. The summed E-state index contributed by atoms with van der Waals surface area (Å²) in [5.41, 5.74) is 0.489. The van der Waals surface area contributed by atoms with E-state index >= 15 is 0 Å². The number of para-hydroxylation sites is 1. The standard InChI is InChI=1S/C24H26N2O3/c1-16(29-19-14-13-17-9-5-6-10-18(17)15-19)22(27)25-21-12-8-7-11-20(21)23(28)26-24(2,3)4/h5-16H,1-4H3,(H,25,27)(H,26,28)/t16-/m0/s1. The van der Waals surface area contributed by atoms with Crippen LogP contribution in [-0.2, 0) is 4.79 Å². The fraction of sp³-hybridized carbons (Fsp3) is 0.250. The molecule has 0 aliphatic rings. The molecule has 0 heterocycles. The zero-order valence-corrected chi connectivity index (χ0v) is 17.2. The van der Waals surface area contributed by atoms with Crippen LogP contribution < -0.4 is 15.4 Å². The van der Waals surface area contributed by atoms with E-state index in [4.69, 9.17) is 4.74 Å². The lowest BCUT2D eigenvalue weighted by Crippen LogP contribution is -2.41. The number of hydrogen-bond acceptors (Lipinski definition) is 3. The van der Waals surface area contributed by atoms with Crippen molar-refractivity contribution in [1.82, 2.24) is 5.32 Å². The van der Waals surface area contributed by atoms with Crippen molar-refractivity contribution in [2.24, 2.45) is 0 Å². The Bertz CT molecular complexity index is 1040. The molecule has 2 amide bonds. The first-order chi connectivity index (χ1) is 13.7. The number of ether oxygens (including phenoxy) is 1. The molecule has 3 rings (SSSR count). The van der Waals surface area contributed by atoms with Crippen LogP contribution in [0.5, 0.6) is 5.75 Å². The Hall–Kier alpha value is -3.34. The average Bonchev–Trinajstić information content (AvgIpc) is 2.67. The van der Waals surface area contributed by atoms with Crippen molar-refractivity contribution in [2.45, 2.75) is 39.3 Å². The molecule has 0 saturated carbocycles. The van der Waals surface area contributed by atoms with Crippen molar-refractivity contribution in [1.29, 1.82) is 0 Å². The molecule has 0 fully saturated rings. The van der Waals surface area contributed by atoms with Crippen molar-refractivity contribution in [2.75, 3.05) is 5.32 Å². The number of rotatable bonds is 5. The lowest BCUT2D eigenvalue weighted by Gasteiger charge is -2.22. The number of nitrogens with one attached hydrogen (secondary N) is 2. The van der Waals surface area contributed by atoms with Crippen LogP contribution in [0, 0.1) is 0 Å². The summed E-state index contributed by atoms with van der Waals surface area (Å²) in [5, 5.41) is 7.87. The summed E-state index contributed by atoms with van der Waals surface area (Å²) in [6.07, 6.45) is -0.727. The van der Waals surface area contributed by atoms with Gasteiger partial charge >= 0.3 is 0 Å². The van der Waals surface area contributed by atoms with Crippen LogP contribution in [0.2, 0.25) is 0 Å². The zero-order valence-electron chi connectivity index (χ0n) is 17.2. The molecule has 0 aromatic heterocycles. The minimum atomic E-state index is -0.727. The number of anilines is 1. The van der Waals surface area contributed by atoms with E-state index in [2.05, 4.69) is 10.6 Å². The van der Waals surface area contributed by atoms with Gasteiger partial charge in [0, 0.05) is 5.54 Å². The summed E-state index contributed by atoms with van der Waals surface area (Å²) in [4.78, 5) is 25.2. The predicted octanol–water partition coefficient (Wildman–Crippen LogP) is 4.77. The Kier molecular flexibility index (Phi) is 5.87. The number of benzene rings is 3. The van der Waals surface area contributed by atoms with Crippen LogP contribution in [0.25, 0.3) is 10.8 Å². The Morgan fingerprint density at radius 1 is 0.897 bits per heavy atom. The molecule has 0 aliphatic carbocycles. The van der Waals surface area contributed by atoms with Crippen LogP contribution in [0.4, 0.5) is 5.69 Å². The van der Waals surface area contributed by atoms with Crippen LogP contribution >= 0.6 is 0 Å². The van der Waals surface area contributed by atoms with Crippen LogP contribution in [0.1, 0.15) is 38.1 Å². The molecule has 0 radical (unpaired) electrons. The quantitative estimate of drug-likeness (QED) is 0.659. The van der Waals surface area contributed by atoms with Gasteiger partial charge in [0.05, 0.1) is 11.3 Å². The molecule has 29 heavy (non-hydrogen) atoms. The summed E-state index contributed by atoms with van der Waals surface area (Å²) in [6, 6.07) is 20.6. The van der Waals surface area contributed by atoms with Crippen molar-refractivity contribution in [3.63, 3.8) is 0 Å². The molecule has 5 heteroatoms. The van der Waals surface area contributed by atoms with Gasteiger partial charge in [-0.1, -0.05) is 42.5 Å². The highest BCUT2D eigenvalue weighted by Gasteiger charge is 2.21. The lowest BCUT2D eigenvalue weighted by atomic mass is 10.1. The van der Waals surface area contributed by atoms with Crippen molar-refractivity contribution < 1.29 is 14.3 Å². The molecule has 0 bridgehead atoms. The van der Waals surface area contributed by atoms with E-state index in [0.29, 0.717) is 17.0 Å². The Labute approximate surface area is 171 Å². The molecule has 3 aromatic rings. The summed E-state index contributed by atoms with van der Waals surface area (Å²) >= 11 is 0. The summed E-state index contributed by atoms with van der Waals surface area (Å²) in [6.45, 7) is 7.41. The van der Waals surface area contributed by atoms with E-state index in [0.717, 1.165) is 10.8 Å². The fourth-order valence-electron chi connectivity index (χ4n) is 2.93. The lowest BCUT2D eigenvalue weighted by molar-refractivity contribution is -0.122. The van der Waals surface area contributed by atoms with Gasteiger partial charge in [-0.2, -0.15) is 0 Å². The first-order valence-electron chi connectivity index (χ1n) is 9.61. The first-order valence-corrected chi connectivity index (χ1v) is 9.61. The minimum Gasteiger partial charge on any atom is -0.481 e. The third-order valence-corrected chi connectivity index (χ3v) is 4.32. The molecule has 0 spiro atoms. The van der Waals surface area contributed by atoms with Gasteiger partial charge < -0.3 is 15.4 Å². The van der Waals surface area contributed by atoms with Gasteiger partial charge in [-0.15, -0.1) is 0 Å². The monoisotopic (exact) mass is 390 g/mol. The van der Waals surface area contributed by atoms with Gasteiger partial charge in [-0.3, -0.25) is 9.59 Å². The molecule has 0 aliphatic heterocycles. The van der Waals surface area contributed by atoms with Gasteiger partial charge in [0.2, 0.25) is 0 Å². The Morgan fingerprint density at radius 2 is 1.55 bits per heavy atom. The van der Waals surface area contributed by atoms with Crippen molar-refractivity contribution in [3.8, 4) is 5.75 Å². The van der Waals surface area contributed by atoms with E-state index < -0.39 is 6.10 Å². The molecule has 2 N–H and O–H groups in total. The number of hydrogen-bond donors (Lipinski definition) is 2. The Balaban J connectivity index is 1.71. The average molecular weight is 390 g/mol. The molecule has 150 valence electrons. The van der Waals surface area contributed by atoms with E-state index in [-0.39, 0.29) is 17.4 Å².